The number of hydrogen-bond acceptors (Lipinski definition) is 11. The zero-order valence-electron chi connectivity index (χ0n) is 40.4. The van der Waals surface area contributed by atoms with Gasteiger partial charge in [0.2, 0.25) is 12.4 Å². The molecule has 1 saturated carbocycles. The number of nitrogens with zero attached hydrogens (tertiary/aromatic N) is 9. The second kappa shape index (κ2) is 23.9. The summed E-state index contributed by atoms with van der Waals surface area (Å²) < 4.78 is 29.8. The number of carbonyl (C=O) groups excluding carboxylic acids is 4. The van der Waals surface area contributed by atoms with Crippen molar-refractivity contribution in [1.82, 2.24) is 39.3 Å². The molecular formula is C53H65ClF2N10O4. The second-order valence-electron chi connectivity index (χ2n) is 19.1. The van der Waals surface area contributed by atoms with E-state index in [0.717, 1.165) is 125 Å². The SMILES string of the molecule is CCCC(C(=O)N(F)C=O)N1Cc2cc(N3CCN(CCCCC=O)CC3)ccc2C1=O.CN1CCN(Cc2ccc(-c3cn(C4CCCCC4)c4nc(Nc5cc(F)cc(Cl)c5)ncc34)cc2)CC1. The van der Waals surface area contributed by atoms with Crippen molar-refractivity contribution in [2.75, 3.05) is 76.2 Å². The summed E-state index contributed by atoms with van der Waals surface area (Å²) >= 11 is 6.05. The first kappa shape index (κ1) is 50.6. The smallest absolute Gasteiger partial charge is 0.280 e. The maximum absolute atomic E-state index is 13.9. The highest BCUT2D eigenvalue weighted by Crippen LogP contribution is 2.37. The maximum atomic E-state index is 13.9. The zero-order valence-corrected chi connectivity index (χ0v) is 41.1. The summed E-state index contributed by atoms with van der Waals surface area (Å²) in [5.41, 5.74) is 7.46. The number of amides is 3. The number of rotatable bonds is 17. The van der Waals surface area contributed by atoms with Gasteiger partial charge in [-0.2, -0.15) is 4.98 Å². The van der Waals surface area contributed by atoms with E-state index in [2.05, 4.69) is 72.0 Å². The molecule has 0 spiro atoms. The Bertz CT molecular complexity index is 2570. The van der Waals surface area contributed by atoms with Gasteiger partial charge in [-0.1, -0.05) is 73.0 Å². The van der Waals surface area contributed by atoms with E-state index in [1.807, 2.05) is 25.3 Å². The molecule has 0 bridgehead atoms. The molecule has 5 heterocycles. The van der Waals surface area contributed by atoms with E-state index in [1.165, 1.54) is 47.4 Å². The largest absolute Gasteiger partial charge is 0.369 e. The van der Waals surface area contributed by atoms with Gasteiger partial charge in [-0.3, -0.25) is 24.2 Å². The molecule has 9 rings (SSSR count). The molecule has 1 N–H and O–H groups in total. The van der Waals surface area contributed by atoms with Gasteiger partial charge in [0.15, 0.2) is 0 Å². The van der Waals surface area contributed by atoms with E-state index >= 15 is 0 Å². The summed E-state index contributed by atoms with van der Waals surface area (Å²) in [5.74, 6) is -1.28. The maximum Gasteiger partial charge on any atom is 0.280 e. The Morgan fingerprint density at radius 2 is 1.66 bits per heavy atom. The van der Waals surface area contributed by atoms with Crippen molar-refractivity contribution in [3.63, 3.8) is 0 Å². The number of benzene rings is 3. The van der Waals surface area contributed by atoms with Crippen molar-refractivity contribution in [2.45, 2.75) is 96.3 Å². The standard InChI is InChI=1S/C30H34ClFN6.C23H31FN4O4/c1-36-11-13-37(14-12-36)19-21-7-9-22(10-8-21)28-20-38(26-5-3-2-4-6-26)29-27(28)18-33-30(35-29)34-25-16-23(31)15-24(32)17-25;1-2-6-21(23(32)28(24)17-30)27-16-18-15-19(7-8-20(18)22(27)31)26-12-10-25(11-13-26)9-4-3-5-14-29/h7-10,15-18,20,26H,2-6,11-14,19H2,1H3,(H,33,34,35);7-8,14-15,17,21H,2-6,9-13,16H2,1H3. The van der Waals surface area contributed by atoms with E-state index in [0.29, 0.717) is 41.1 Å². The van der Waals surface area contributed by atoms with Crippen LogP contribution in [0.4, 0.5) is 26.2 Å². The average molecular weight is 980 g/mol. The number of anilines is 3. The predicted molar refractivity (Wildman–Crippen MR) is 270 cm³/mol. The number of piperazine rings is 2. The monoisotopic (exact) mass is 978 g/mol. The van der Waals surface area contributed by atoms with Crippen LogP contribution >= 0.6 is 11.6 Å². The summed E-state index contributed by atoms with van der Waals surface area (Å²) in [5, 5.41) is 4.03. The van der Waals surface area contributed by atoms with Gasteiger partial charge < -0.3 is 29.4 Å². The minimum Gasteiger partial charge on any atom is -0.369 e. The predicted octanol–water partition coefficient (Wildman–Crippen LogP) is 9.06. The van der Waals surface area contributed by atoms with Gasteiger partial charge in [0.05, 0.1) is 0 Å². The number of unbranched alkanes of at least 4 members (excludes halogenated alkanes) is 2. The van der Waals surface area contributed by atoms with Crippen LogP contribution in [0.2, 0.25) is 5.02 Å². The van der Waals surface area contributed by atoms with Crippen molar-refractivity contribution < 1.29 is 28.0 Å². The van der Waals surface area contributed by atoms with Crippen LogP contribution < -0.4 is 10.2 Å². The molecule has 1 atom stereocenters. The number of likely N-dealkylation sites (N-methyl/N-ethyl adjacent to an activating group) is 1. The van der Waals surface area contributed by atoms with Crippen molar-refractivity contribution >= 4 is 64.5 Å². The third-order valence-corrected chi connectivity index (χ3v) is 14.4. The van der Waals surface area contributed by atoms with Crippen LogP contribution in [0.3, 0.4) is 0 Å². The lowest BCUT2D eigenvalue weighted by atomic mass is 9.95. The molecule has 1 unspecified atom stereocenters. The molecule has 0 radical (unpaired) electrons. The summed E-state index contributed by atoms with van der Waals surface area (Å²) in [6.45, 7) is 12.2. The van der Waals surface area contributed by atoms with Gasteiger partial charge in [-0.05, 0) is 98.8 Å². The number of aldehydes is 1. The molecule has 2 aromatic heterocycles. The highest BCUT2D eigenvalue weighted by molar-refractivity contribution is 6.30. The van der Waals surface area contributed by atoms with Crippen LogP contribution in [0.25, 0.3) is 22.2 Å². The number of nitrogens with one attached hydrogen (secondary N) is 1. The average Bonchev–Trinajstić information content (AvgIpc) is 3.92. The van der Waals surface area contributed by atoms with Gasteiger partial charge in [-0.25, -0.2) is 9.37 Å². The Morgan fingerprint density at radius 1 is 0.914 bits per heavy atom. The molecular weight excluding hydrogens is 914 g/mol. The quantitative estimate of drug-likeness (QED) is 0.0544. The molecule has 1 aliphatic carbocycles. The topological polar surface area (TPSA) is 130 Å². The Morgan fingerprint density at radius 3 is 2.36 bits per heavy atom. The van der Waals surface area contributed by atoms with E-state index in [4.69, 9.17) is 16.6 Å². The van der Waals surface area contributed by atoms with Gasteiger partial charge in [0.25, 0.3) is 11.8 Å². The number of carbonyl (C=O) groups is 4. The van der Waals surface area contributed by atoms with Crippen molar-refractivity contribution in [1.29, 1.82) is 0 Å². The highest BCUT2D eigenvalue weighted by Gasteiger charge is 2.38. The Kier molecular flexibility index (Phi) is 17.2. The first-order chi connectivity index (χ1) is 34.0. The molecule has 3 aromatic carbocycles. The third kappa shape index (κ3) is 12.4. The molecule has 17 heteroatoms. The second-order valence-corrected chi connectivity index (χ2v) is 19.5. The van der Waals surface area contributed by atoms with Crippen LogP contribution in [-0.2, 0) is 27.5 Å². The normalized spacial score (nSPS) is 17.5. The molecule has 372 valence electrons. The van der Waals surface area contributed by atoms with Crippen LogP contribution in [0, 0.1) is 5.82 Å². The van der Waals surface area contributed by atoms with Crippen LogP contribution in [0.15, 0.2) is 73.1 Å². The number of halogens is 3. The fourth-order valence-electron chi connectivity index (χ4n) is 10.2. The van der Waals surface area contributed by atoms with Crippen molar-refractivity contribution in [3.8, 4) is 11.1 Å². The van der Waals surface area contributed by atoms with Gasteiger partial charge in [0, 0.05) is 123 Å². The van der Waals surface area contributed by atoms with Crippen molar-refractivity contribution in [2.24, 2.45) is 0 Å². The summed E-state index contributed by atoms with van der Waals surface area (Å²) in [4.78, 5) is 66.8. The summed E-state index contributed by atoms with van der Waals surface area (Å²) in [7, 11) is 2.19. The Hall–Kier alpha value is -5.81. The van der Waals surface area contributed by atoms with Crippen LogP contribution in [0.5, 0.6) is 0 Å². The van der Waals surface area contributed by atoms with Gasteiger partial charge in [0.1, 0.15) is 23.8 Å². The van der Waals surface area contributed by atoms with E-state index in [9.17, 15) is 28.0 Å². The highest BCUT2D eigenvalue weighted by atomic mass is 35.5. The lowest BCUT2D eigenvalue weighted by molar-refractivity contribution is -0.158. The molecule has 3 amide bonds. The third-order valence-electron chi connectivity index (χ3n) is 14.2. The van der Waals surface area contributed by atoms with E-state index in [1.54, 1.807) is 12.1 Å². The molecule has 3 aliphatic heterocycles. The van der Waals surface area contributed by atoms with E-state index in [-0.39, 0.29) is 25.3 Å². The Labute approximate surface area is 414 Å². The fraction of sp³-hybridized carbons (Fsp3) is 0.472. The lowest BCUT2D eigenvalue weighted by Gasteiger charge is -2.36. The van der Waals surface area contributed by atoms with Crippen LogP contribution in [-0.4, -0.2) is 136 Å². The van der Waals surface area contributed by atoms with Gasteiger partial charge in [-0.15, -0.1) is 5.12 Å². The number of fused-ring (bicyclic) bond motifs is 2. The molecule has 14 nitrogen and oxygen atoms in total. The first-order valence-corrected chi connectivity index (χ1v) is 25.3. The molecule has 4 aliphatic rings. The van der Waals surface area contributed by atoms with Crippen LogP contribution in [0.1, 0.15) is 98.7 Å². The minimum atomic E-state index is -1.01. The van der Waals surface area contributed by atoms with Gasteiger partial charge >= 0.3 is 0 Å². The Balaban J connectivity index is 0.000000192. The number of hydrogen-bond donors (Lipinski definition) is 1. The fourth-order valence-corrected chi connectivity index (χ4v) is 10.4. The van der Waals surface area contributed by atoms with E-state index < -0.39 is 22.9 Å². The number of imide groups is 1. The number of aromatic nitrogens is 3. The minimum absolute atomic E-state index is 0.168. The molecule has 3 fully saturated rings. The first-order valence-electron chi connectivity index (χ1n) is 24.9. The molecule has 2 saturated heterocycles. The van der Waals surface area contributed by atoms with Crippen molar-refractivity contribution in [3.05, 3.63) is 101 Å². The summed E-state index contributed by atoms with van der Waals surface area (Å²) in [6, 6.07) is 18.4. The summed E-state index contributed by atoms with van der Waals surface area (Å²) in [6.07, 6.45) is 14.4. The molecule has 5 aromatic rings. The zero-order chi connectivity index (χ0) is 49.1. The lowest BCUT2D eigenvalue weighted by Crippen LogP contribution is -2.46. The molecule has 70 heavy (non-hydrogen) atoms.